The number of hydrogen-bond donors (Lipinski definition) is 1. The van der Waals surface area contributed by atoms with E-state index in [0.29, 0.717) is 11.1 Å². The number of anilines is 1. The minimum absolute atomic E-state index is 0.552. The highest BCUT2D eigenvalue weighted by molar-refractivity contribution is 7.99. The van der Waals surface area contributed by atoms with Crippen molar-refractivity contribution in [1.29, 1.82) is 0 Å². The molecular weight excluding hydrogens is 254 g/mol. The van der Waals surface area contributed by atoms with E-state index in [2.05, 4.69) is 15.3 Å². The van der Waals surface area contributed by atoms with Gasteiger partial charge in [-0.05, 0) is 36.7 Å². The molecule has 1 aliphatic heterocycles. The van der Waals surface area contributed by atoms with Crippen molar-refractivity contribution < 1.29 is 0 Å². The Morgan fingerprint density at radius 3 is 2.94 bits per heavy atom. The van der Waals surface area contributed by atoms with Crippen molar-refractivity contribution in [3.63, 3.8) is 0 Å². The molecule has 1 saturated heterocycles. The second kappa shape index (κ2) is 5.02. The molecule has 0 aromatic carbocycles. The van der Waals surface area contributed by atoms with Crippen molar-refractivity contribution in [2.75, 3.05) is 23.4 Å². The number of nitrogens with one attached hydrogen (secondary N) is 1. The highest BCUT2D eigenvalue weighted by atomic mass is 35.5. The summed E-state index contributed by atoms with van der Waals surface area (Å²) < 4.78 is 0. The fourth-order valence-corrected chi connectivity index (χ4v) is 3.52. The Kier molecular flexibility index (Phi) is 3.43. The molecule has 0 radical (unpaired) electrons. The molecule has 2 fully saturated rings. The van der Waals surface area contributed by atoms with Crippen LogP contribution in [0.2, 0.25) is 5.15 Å². The lowest BCUT2D eigenvalue weighted by atomic mass is 10.1. The smallest absolute Gasteiger partial charge is 0.135 e. The predicted octanol–water partition coefficient (Wildman–Crippen LogP) is 3.17. The number of aromatic nitrogens is 2. The number of thioether (sulfide) groups is 1. The Bertz CT molecular complexity index is 403. The first-order chi connectivity index (χ1) is 8.31. The first kappa shape index (κ1) is 11.6. The van der Waals surface area contributed by atoms with E-state index in [4.69, 9.17) is 11.6 Å². The standard InChI is InChI=1S/C12H16ClN3S/c13-10-5-11(14-6-8-3-4-17-7-8)16-12(15-10)9-1-2-9/h5,8-9H,1-4,6-7H2,(H,14,15,16). The van der Waals surface area contributed by atoms with Gasteiger partial charge in [0.25, 0.3) is 0 Å². The zero-order valence-electron chi connectivity index (χ0n) is 9.66. The van der Waals surface area contributed by atoms with Crippen LogP contribution in [0.15, 0.2) is 6.07 Å². The van der Waals surface area contributed by atoms with Gasteiger partial charge in [0.2, 0.25) is 0 Å². The zero-order chi connectivity index (χ0) is 11.7. The summed E-state index contributed by atoms with van der Waals surface area (Å²) in [6.07, 6.45) is 3.73. The van der Waals surface area contributed by atoms with E-state index < -0.39 is 0 Å². The minimum atomic E-state index is 0.552. The Balaban J connectivity index is 1.64. The topological polar surface area (TPSA) is 37.8 Å². The summed E-state index contributed by atoms with van der Waals surface area (Å²) in [6.45, 7) is 1.00. The summed E-state index contributed by atoms with van der Waals surface area (Å²) in [7, 11) is 0. The molecule has 0 bridgehead atoms. The van der Waals surface area contributed by atoms with Crippen molar-refractivity contribution in [3.05, 3.63) is 17.0 Å². The second-order valence-corrected chi connectivity index (χ2v) is 6.36. The fourth-order valence-electron chi connectivity index (χ4n) is 2.04. The van der Waals surface area contributed by atoms with Gasteiger partial charge in [0.1, 0.15) is 16.8 Å². The van der Waals surface area contributed by atoms with Gasteiger partial charge in [-0.3, -0.25) is 0 Å². The van der Waals surface area contributed by atoms with Crippen LogP contribution in [0, 0.1) is 5.92 Å². The molecule has 3 rings (SSSR count). The molecule has 1 atom stereocenters. The second-order valence-electron chi connectivity index (χ2n) is 4.82. The molecule has 2 aliphatic rings. The third-order valence-corrected chi connectivity index (χ3v) is 4.68. The summed E-state index contributed by atoms with van der Waals surface area (Å²) in [5.41, 5.74) is 0. The average Bonchev–Trinajstić information content (AvgIpc) is 3.04. The van der Waals surface area contributed by atoms with Crippen LogP contribution < -0.4 is 5.32 Å². The van der Waals surface area contributed by atoms with Gasteiger partial charge in [0.15, 0.2) is 0 Å². The molecule has 17 heavy (non-hydrogen) atoms. The maximum absolute atomic E-state index is 6.02. The average molecular weight is 270 g/mol. The van der Waals surface area contributed by atoms with Crippen LogP contribution in [0.1, 0.15) is 31.0 Å². The van der Waals surface area contributed by atoms with Crippen molar-refractivity contribution in [2.24, 2.45) is 5.92 Å². The van der Waals surface area contributed by atoms with Gasteiger partial charge in [-0.1, -0.05) is 11.6 Å². The quantitative estimate of drug-likeness (QED) is 0.852. The van der Waals surface area contributed by atoms with E-state index in [1.165, 1.54) is 30.8 Å². The third kappa shape index (κ3) is 3.05. The van der Waals surface area contributed by atoms with Gasteiger partial charge in [-0.25, -0.2) is 9.97 Å². The van der Waals surface area contributed by atoms with Gasteiger partial charge in [0.05, 0.1) is 0 Å². The SMILES string of the molecule is Clc1cc(NCC2CCSC2)nc(C2CC2)n1. The molecule has 1 aromatic rings. The third-order valence-electron chi connectivity index (χ3n) is 3.25. The van der Waals surface area contributed by atoms with Gasteiger partial charge in [-0.15, -0.1) is 0 Å². The summed E-state index contributed by atoms with van der Waals surface area (Å²) >= 11 is 8.06. The molecule has 3 nitrogen and oxygen atoms in total. The molecule has 1 aliphatic carbocycles. The van der Waals surface area contributed by atoms with Gasteiger partial charge in [-0.2, -0.15) is 11.8 Å². The summed E-state index contributed by atoms with van der Waals surface area (Å²) in [4.78, 5) is 8.83. The molecule has 2 heterocycles. The lowest BCUT2D eigenvalue weighted by molar-refractivity contribution is 0.630. The van der Waals surface area contributed by atoms with Crippen molar-refractivity contribution >= 4 is 29.2 Å². The Morgan fingerprint density at radius 1 is 1.35 bits per heavy atom. The number of nitrogens with zero attached hydrogens (tertiary/aromatic N) is 2. The van der Waals surface area contributed by atoms with E-state index in [9.17, 15) is 0 Å². The Hall–Kier alpha value is -0.480. The lowest BCUT2D eigenvalue weighted by Crippen LogP contribution is -2.14. The van der Waals surface area contributed by atoms with Gasteiger partial charge in [0, 0.05) is 18.5 Å². The summed E-state index contributed by atoms with van der Waals surface area (Å²) in [5, 5.41) is 3.96. The van der Waals surface area contributed by atoms with E-state index >= 15 is 0 Å². The fraction of sp³-hybridized carbons (Fsp3) is 0.667. The van der Waals surface area contributed by atoms with Crippen LogP contribution in [0.5, 0.6) is 0 Å². The highest BCUT2D eigenvalue weighted by Crippen LogP contribution is 2.38. The summed E-state index contributed by atoms with van der Waals surface area (Å²) in [5.74, 6) is 5.70. The van der Waals surface area contributed by atoms with E-state index in [1.54, 1.807) is 0 Å². The van der Waals surface area contributed by atoms with Gasteiger partial charge < -0.3 is 5.32 Å². The lowest BCUT2D eigenvalue weighted by Gasteiger charge is -2.11. The van der Waals surface area contributed by atoms with Crippen LogP contribution in [-0.2, 0) is 0 Å². The van der Waals surface area contributed by atoms with Crippen LogP contribution in [0.3, 0.4) is 0 Å². The molecule has 92 valence electrons. The minimum Gasteiger partial charge on any atom is -0.370 e. The first-order valence-electron chi connectivity index (χ1n) is 6.17. The maximum atomic E-state index is 6.02. The summed E-state index contributed by atoms with van der Waals surface area (Å²) in [6, 6.07) is 1.83. The predicted molar refractivity (Wildman–Crippen MR) is 72.9 cm³/mol. The van der Waals surface area contributed by atoms with Crippen molar-refractivity contribution in [2.45, 2.75) is 25.2 Å². The van der Waals surface area contributed by atoms with Crippen molar-refractivity contribution in [1.82, 2.24) is 9.97 Å². The highest BCUT2D eigenvalue weighted by Gasteiger charge is 2.27. The number of hydrogen-bond acceptors (Lipinski definition) is 4. The molecule has 1 aromatic heterocycles. The molecule has 0 spiro atoms. The molecule has 1 saturated carbocycles. The number of halogens is 1. The molecule has 5 heteroatoms. The monoisotopic (exact) mass is 269 g/mol. The Labute approximate surface area is 111 Å². The molecular formula is C12H16ClN3S. The van der Waals surface area contributed by atoms with Crippen LogP contribution in [0.25, 0.3) is 0 Å². The maximum Gasteiger partial charge on any atom is 0.135 e. The normalized spacial score (nSPS) is 23.9. The van der Waals surface area contributed by atoms with Crippen LogP contribution in [-0.4, -0.2) is 28.0 Å². The molecule has 0 amide bonds. The number of rotatable bonds is 4. The van der Waals surface area contributed by atoms with Gasteiger partial charge >= 0.3 is 0 Å². The molecule has 1 N–H and O–H groups in total. The van der Waals surface area contributed by atoms with Crippen molar-refractivity contribution in [3.8, 4) is 0 Å². The molecule has 1 unspecified atom stereocenters. The van der Waals surface area contributed by atoms with Crippen LogP contribution in [0.4, 0.5) is 5.82 Å². The van der Waals surface area contributed by atoms with E-state index in [0.717, 1.165) is 24.1 Å². The largest absolute Gasteiger partial charge is 0.370 e. The van der Waals surface area contributed by atoms with E-state index in [1.807, 2.05) is 17.8 Å². The van der Waals surface area contributed by atoms with E-state index in [-0.39, 0.29) is 0 Å². The Morgan fingerprint density at radius 2 is 2.24 bits per heavy atom. The zero-order valence-corrected chi connectivity index (χ0v) is 11.2. The first-order valence-corrected chi connectivity index (χ1v) is 7.70. The van der Waals surface area contributed by atoms with Crippen LogP contribution >= 0.6 is 23.4 Å².